The van der Waals surface area contributed by atoms with Crippen LogP contribution in [-0.2, 0) is 13.2 Å². The number of alkyl halides is 3. The van der Waals surface area contributed by atoms with Crippen molar-refractivity contribution in [3.63, 3.8) is 0 Å². The first-order valence-electron chi connectivity index (χ1n) is 10.0. The highest BCUT2D eigenvalue weighted by molar-refractivity contribution is 5.58. The number of nitriles is 1. The number of hydrogen-bond acceptors (Lipinski definition) is 4. The quantitative estimate of drug-likeness (QED) is 0.628. The van der Waals surface area contributed by atoms with Gasteiger partial charge in [0.1, 0.15) is 17.5 Å². The van der Waals surface area contributed by atoms with Gasteiger partial charge in [0.2, 0.25) is 0 Å². The Morgan fingerprint density at radius 2 is 1.42 bits per heavy atom. The van der Waals surface area contributed by atoms with Crippen LogP contribution in [0.15, 0.2) is 60.7 Å². The highest BCUT2D eigenvalue weighted by Gasteiger charge is 2.40. The fourth-order valence-corrected chi connectivity index (χ4v) is 4.26. The maximum Gasteiger partial charge on any atom is 0.436 e. The molecule has 1 aromatic heterocycles. The van der Waals surface area contributed by atoms with Gasteiger partial charge in [-0.3, -0.25) is 9.58 Å². The summed E-state index contributed by atoms with van der Waals surface area (Å²) in [6.07, 6.45) is -4.66. The van der Waals surface area contributed by atoms with Crippen LogP contribution in [0.5, 0.6) is 0 Å². The molecule has 8 heteroatoms. The van der Waals surface area contributed by atoms with Crippen molar-refractivity contribution >= 4 is 5.82 Å². The van der Waals surface area contributed by atoms with Gasteiger partial charge in [0, 0.05) is 33.2 Å². The minimum Gasteiger partial charge on any atom is -0.353 e. The Kier molecular flexibility index (Phi) is 5.70. The van der Waals surface area contributed by atoms with E-state index in [0.29, 0.717) is 26.2 Å². The second kappa shape index (κ2) is 8.44. The van der Waals surface area contributed by atoms with E-state index in [2.05, 4.69) is 34.3 Å². The highest BCUT2D eigenvalue weighted by Crippen LogP contribution is 2.36. The zero-order valence-electron chi connectivity index (χ0n) is 17.0. The summed E-state index contributed by atoms with van der Waals surface area (Å²) in [6, 6.07) is 22.1. The zero-order chi connectivity index (χ0) is 22.0. The second-order valence-electron chi connectivity index (χ2n) is 7.53. The summed E-state index contributed by atoms with van der Waals surface area (Å²) in [5.41, 5.74) is 0.798. The average molecular weight is 425 g/mol. The van der Waals surface area contributed by atoms with Crippen LogP contribution in [0.1, 0.15) is 28.4 Å². The summed E-state index contributed by atoms with van der Waals surface area (Å²) >= 11 is 0. The van der Waals surface area contributed by atoms with Crippen molar-refractivity contribution in [1.29, 1.82) is 5.26 Å². The first-order chi connectivity index (χ1) is 14.9. The van der Waals surface area contributed by atoms with Gasteiger partial charge < -0.3 is 4.90 Å². The van der Waals surface area contributed by atoms with E-state index in [1.165, 1.54) is 22.9 Å². The second-order valence-corrected chi connectivity index (χ2v) is 7.53. The number of anilines is 1. The van der Waals surface area contributed by atoms with Crippen LogP contribution in [-0.4, -0.2) is 40.9 Å². The van der Waals surface area contributed by atoms with E-state index in [0.717, 1.165) is 0 Å². The molecule has 0 bridgehead atoms. The van der Waals surface area contributed by atoms with Gasteiger partial charge in [-0.05, 0) is 11.1 Å². The molecule has 0 N–H and O–H groups in total. The maximum atomic E-state index is 13.3. The molecule has 4 rings (SSSR count). The lowest BCUT2D eigenvalue weighted by atomic mass is 9.96. The third kappa shape index (κ3) is 4.14. The molecule has 0 aliphatic carbocycles. The van der Waals surface area contributed by atoms with Gasteiger partial charge in [-0.2, -0.15) is 23.5 Å². The van der Waals surface area contributed by atoms with Crippen molar-refractivity contribution in [3.05, 3.63) is 83.0 Å². The minimum absolute atomic E-state index is 0.0530. The van der Waals surface area contributed by atoms with Crippen molar-refractivity contribution in [2.45, 2.75) is 12.2 Å². The lowest BCUT2D eigenvalue weighted by Gasteiger charge is -2.40. The summed E-state index contributed by atoms with van der Waals surface area (Å²) in [5.74, 6) is 0.227. The predicted octanol–water partition coefficient (Wildman–Crippen LogP) is 4.22. The summed E-state index contributed by atoms with van der Waals surface area (Å²) in [5, 5.41) is 13.0. The molecular weight excluding hydrogens is 403 g/mol. The van der Waals surface area contributed by atoms with Crippen LogP contribution < -0.4 is 4.90 Å². The molecule has 31 heavy (non-hydrogen) atoms. The number of hydrogen-bond donors (Lipinski definition) is 0. The Morgan fingerprint density at radius 1 is 0.903 bits per heavy atom. The van der Waals surface area contributed by atoms with Gasteiger partial charge in [0.05, 0.1) is 6.04 Å². The number of benzene rings is 2. The van der Waals surface area contributed by atoms with E-state index in [9.17, 15) is 18.4 Å². The van der Waals surface area contributed by atoms with Crippen LogP contribution in [0.4, 0.5) is 19.0 Å². The number of nitrogens with zero attached hydrogens (tertiary/aromatic N) is 5. The monoisotopic (exact) mass is 425 g/mol. The molecule has 1 saturated heterocycles. The van der Waals surface area contributed by atoms with Crippen LogP contribution >= 0.6 is 0 Å². The molecule has 1 aliphatic heterocycles. The molecule has 1 aliphatic rings. The lowest BCUT2D eigenvalue weighted by molar-refractivity contribution is -0.141. The molecule has 1 fully saturated rings. The first-order valence-corrected chi connectivity index (χ1v) is 10.0. The van der Waals surface area contributed by atoms with Gasteiger partial charge in [0.25, 0.3) is 0 Å². The fourth-order valence-electron chi connectivity index (χ4n) is 4.26. The van der Waals surface area contributed by atoms with Gasteiger partial charge in [-0.25, -0.2) is 0 Å². The third-order valence-electron chi connectivity index (χ3n) is 5.61. The molecule has 2 heterocycles. The van der Waals surface area contributed by atoms with E-state index in [1.54, 1.807) is 6.07 Å². The molecule has 0 spiro atoms. The number of rotatable bonds is 4. The van der Waals surface area contributed by atoms with E-state index in [1.807, 2.05) is 41.3 Å². The molecule has 2 aromatic carbocycles. The van der Waals surface area contributed by atoms with Crippen molar-refractivity contribution in [2.24, 2.45) is 7.05 Å². The van der Waals surface area contributed by atoms with E-state index >= 15 is 0 Å². The maximum absolute atomic E-state index is 13.3. The van der Waals surface area contributed by atoms with Gasteiger partial charge in [-0.15, -0.1) is 0 Å². The summed E-state index contributed by atoms with van der Waals surface area (Å²) in [6.45, 7) is 2.29. The van der Waals surface area contributed by atoms with E-state index in [-0.39, 0.29) is 11.9 Å². The van der Waals surface area contributed by atoms with Gasteiger partial charge >= 0.3 is 6.18 Å². The number of aryl methyl sites for hydroxylation is 1. The number of aromatic nitrogens is 2. The summed E-state index contributed by atoms with van der Waals surface area (Å²) < 4.78 is 41.0. The minimum atomic E-state index is -4.66. The molecule has 0 unspecified atom stereocenters. The SMILES string of the molecule is Cn1nc(C(F)(F)F)c(C#N)c1N1CCN(C(c2ccccc2)c2ccccc2)CC1. The predicted molar refractivity (Wildman–Crippen MR) is 111 cm³/mol. The van der Waals surface area contributed by atoms with E-state index < -0.39 is 17.4 Å². The van der Waals surface area contributed by atoms with Crippen LogP contribution in [0.3, 0.4) is 0 Å². The van der Waals surface area contributed by atoms with Gasteiger partial charge in [-0.1, -0.05) is 60.7 Å². The average Bonchev–Trinajstić information content (AvgIpc) is 3.13. The van der Waals surface area contributed by atoms with Crippen molar-refractivity contribution in [1.82, 2.24) is 14.7 Å². The largest absolute Gasteiger partial charge is 0.436 e. The molecule has 160 valence electrons. The smallest absolute Gasteiger partial charge is 0.353 e. The summed E-state index contributed by atoms with van der Waals surface area (Å²) in [4.78, 5) is 4.15. The van der Waals surface area contributed by atoms with E-state index in [4.69, 9.17) is 0 Å². The molecule has 0 atom stereocenters. The molecular formula is C23H22F3N5. The number of piperazine rings is 1. The Labute approximate surface area is 178 Å². The normalized spacial score (nSPS) is 15.3. The fraction of sp³-hybridized carbons (Fsp3) is 0.304. The van der Waals surface area contributed by atoms with Crippen molar-refractivity contribution < 1.29 is 13.2 Å². The number of halogens is 3. The third-order valence-corrected chi connectivity index (χ3v) is 5.61. The molecule has 5 nitrogen and oxygen atoms in total. The zero-order valence-corrected chi connectivity index (χ0v) is 17.0. The standard InChI is InChI=1S/C23H22F3N5/c1-29-22(19(16-27)21(28-29)23(24,25)26)31-14-12-30(13-15-31)20(17-8-4-2-5-9-17)18-10-6-3-7-11-18/h2-11,20H,12-15H2,1H3. The Balaban J connectivity index is 1.60. The van der Waals surface area contributed by atoms with Crippen LogP contribution in [0.25, 0.3) is 0 Å². The molecule has 0 amide bonds. The molecule has 0 saturated carbocycles. The molecule has 3 aromatic rings. The Morgan fingerprint density at radius 3 is 1.87 bits per heavy atom. The van der Waals surface area contributed by atoms with Crippen LogP contribution in [0.2, 0.25) is 0 Å². The van der Waals surface area contributed by atoms with Crippen LogP contribution in [0, 0.1) is 11.3 Å². The Bertz CT molecular complexity index is 1020. The van der Waals surface area contributed by atoms with Gasteiger partial charge in [0.15, 0.2) is 5.69 Å². The highest BCUT2D eigenvalue weighted by atomic mass is 19.4. The first kappa shape index (κ1) is 20.9. The summed E-state index contributed by atoms with van der Waals surface area (Å²) in [7, 11) is 1.45. The molecule has 0 radical (unpaired) electrons. The Hall–Kier alpha value is -3.31. The lowest BCUT2D eigenvalue weighted by Crippen LogP contribution is -2.48. The van der Waals surface area contributed by atoms with Crippen molar-refractivity contribution in [2.75, 3.05) is 31.1 Å². The van der Waals surface area contributed by atoms with Crippen molar-refractivity contribution in [3.8, 4) is 6.07 Å². The topological polar surface area (TPSA) is 48.1 Å².